The molecule has 0 aliphatic rings. The molecule has 1 N–H and O–H groups in total. The highest BCUT2D eigenvalue weighted by molar-refractivity contribution is 5.78. The second kappa shape index (κ2) is 9.13. The molecule has 5 nitrogen and oxygen atoms in total. The number of aliphatic carboxylic acids is 1. The summed E-state index contributed by atoms with van der Waals surface area (Å²) >= 11 is 0. The zero-order chi connectivity index (χ0) is 19.9. The van der Waals surface area contributed by atoms with Crippen LogP contribution in [0.25, 0.3) is 22.5 Å². The van der Waals surface area contributed by atoms with Gasteiger partial charge in [0.05, 0.1) is 30.6 Å². The van der Waals surface area contributed by atoms with Crippen LogP contribution in [0.15, 0.2) is 54.7 Å². The monoisotopic (exact) mass is 376 g/mol. The molecule has 1 aromatic heterocycles. The van der Waals surface area contributed by atoms with E-state index in [1.165, 1.54) is 0 Å². The highest BCUT2D eigenvalue weighted by Crippen LogP contribution is 2.30. The van der Waals surface area contributed by atoms with Gasteiger partial charge in [-0.2, -0.15) is 0 Å². The lowest BCUT2D eigenvalue weighted by atomic mass is 10.0. The third-order valence-electron chi connectivity index (χ3n) is 4.56. The average molecular weight is 376 g/mol. The number of ether oxygens (including phenoxy) is 1. The minimum Gasteiger partial charge on any atom is -0.497 e. The van der Waals surface area contributed by atoms with E-state index in [0.29, 0.717) is 0 Å². The van der Waals surface area contributed by atoms with Gasteiger partial charge in [0.1, 0.15) is 5.75 Å². The van der Waals surface area contributed by atoms with Crippen molar-refractivity contribution in [2.75, 3.05) is 7.11 Å². The van der Waals surface area contributed by atoms with Crippen LogP contribution >= 0.6 is 0 Å². The molecule has 0 saturated carbocycles. The van der Waals surface area contributed by atoms with E-state index in [1.807, 2.05) is 54.7 Å². The van der Waals surface area contributed by atoms with Crippen molar-refractivity contribution in [3.05, 3.63) is 66.0 Å². The molecule has 2 aromatic carbocycles. The first-order valence-electron chi connectivity index (χ1n) is 9.42. The van der Waals surface area contributed by atoms with Gasteiger partial charge in [0.2, 0.25) is 0 Å². The Hall–Kier alpha value is -3.21. The standard InChI is InChI=1S/C23H24N2O3/c1-3-4-5-19-15-24-22(17-10-12-20(28-2)13-11-17)23(25-19)18-8-6-16(7-9-18)14-21(26)27/h6-13,15H,3-5,14H2,1-2H3,(H,26,27). The van der Waals surface area contributed by atoms with E-state index in [2.05, 4.69) is 6.92 Å². The van der Waals surface area contributed by atoms with E-state index in [-0.39, 0.29) is 6.42 Å². The summed E-state index contributed by atoms with van der Waals surface area (Å²) in [5.74, 6) is -0.0520. The molecule has 0 bridgehead atoms. The quantitative estimate of drug-likeness (QED) is 0.612. The number of methoxy groups -OCH3 is 1. The third kappa shape index (κ3) is 4.74. The van der Waals surface area contributed by atoms with Crippen LogP contribution in [0.1, 0.15) is 31.0 Å². The van der Waals surface area contributed by atoms with Gasteiger partial charge < -0.3 is 9.84 Å². The van der Waals surface area contributed by atoms with Gasteiger partial charge in [-0.3, -0.25) is 9.78 Å². The number of rotatable bonds is 8. The minimum atomic E-state index is -0.840. The third-order valence-corrected chi connectivity index (χ3v) is 4.56. The number of aromatic nitrogens is 2. The Morgan fingerprint density at radius 3 is 2.25 bits per heavy atom. The van der Waals surface area contributed by atoms with Crippen molar-refractivity contribution in [1.29, 1.82) is 0 Å². The number of carboxylic acid groups (broad SMARTS) is 1. The second-order valence-electron chi connectivity index (χ2n) is 6.66. The van der Waals surface area contributed by atoms with Crippen LogP contribution in [-0.2, 0) is 17.6 Å². The molecule has 0 aliphatic heterocycles. The number of hydrogen-bond donors (Lipinski definition) is 1. The maximum absolute atomic E-state index is 10.9. The van der Waals surface area contributed by atoms with Crippen molar-refractivity contribution >= 4 is 5.97 Å². The Labute approximate surface area is 165 Å². The molecular formula is C23H24N2O3. The predicted molar refractivity (Wildman–Crippen MR) is 109 cm³/mol. The lowest BCUT2D eigenvalue weighted by Crippen LogP contribution is -2.01. The molecule has 0 spiro atoms. The molecule has 0 fully saturated rings. The van der Waals surface area contributed by atoms with Crippen molar-refractivity contribution in [3.63, 3.8) is 0 Å². The summed E-state index contributed by atoms with van der Waals surface area (Å²) < 4.78 is 5.24. The molecule has 5 heteroatoms. The minimum absolute atomic E-state index is 0.00777. The highest BCUT2D eigenvalue weighted by Gasteiger charge is 2.13. The zero-order valence-corrected chi connectivity index (χ0v) is 16.2. The number of unbranched alkanes of at least 4 members (excludes halogenated alkanes) is 1. The van der Waals surface area contributed by atoms with Crippen LogP contribution < -0.4 is 4.74 Å². The van der Waals surface area contributed by atoms with Crippen molar-refractivity contribution in [3.8, 4) is 28.3 Å². The first-order valence-corrected chi connectivity index (χ1v) is 9.42. The maximum atomic E-state index is 10.9. The molecule has 0 unspecified atom stereocenters. The number of carboxylic acids is 1. The van der Waals surface area contributed by atoms with Gasteiger partial charge in [-0.05, 0) is 42.7 Å². The van der Waals surface area contributed by atoms with Crippen LogP contribution in [0.5, 0.6) is 5.75 Å². The number of nitrogens with zero attached hydrogens (tertiary/aromatic N) is 2. The van der Waals surface area contributed by atoms with E-state index in [0.717, 1.165) is 58.8 Å². The van der Waals surface area contributed by atoms with Crippen molar-refractivity contribution in [2.45, 2.75) is 32.6 Å². The number of carbonyl (C=O) groups is 1. The molecule has 0 saturated heterocycles. The SMILES string of the molecule is CCCCc1cnc(-c2ccc(OC)cc2)c(-c2ccc(CC(=O)O)cc2)n1. The summed E-state index contributed by atoms with van der Waals surface area (Å²) in [4.78, 5) is 20.5. The Morgan fingerprint density at radius 1 is 1.00 bits per heavy atom. The van der Waals surface area contributed by atoms with E-state index >= 15 is 0 Å². The molecule has 3 rings (SSSR count). The lowest BCUT2D eigenvalue weighted by Gasteiger charge is -2.12. The normalized spacial score (nSPS) is 10.6. The highest BCUT2D eigenvalue weighted by atomic mass is 16.5. The topological polar surface area (TPSA) is 72.3 Å². The van der Waals surface area contributed by atoms with Gasteiger partial charge in [0.15, 0.2) is 0 Å². The predicted octanol–water partition coefficient (Wildman–Crippen LogP) is 4.79. The zero-order valence-electron chi connectivity index (χ0n) is 16.2. The fourth-order valence-electron chi connectivity index (χ4n) is 3.02. The average Bonchev–Trinajstić information content (AvgIpc) is 2.72. The summed E-state index contributed by atoms with van der Waals surface area (Å²) in [5.41, 5.74) is 5.21. The Bertz CT molecular complexity index is 935. The molecular weight excluding hydrogens is 352 g/mol. The number of benzene rings is 2. The molecule has 144 valence electrons. The molecule has 0 radical (unpaired) electrons. The first kappa shape index (κ1) is 19.5. The van der Waals surface area contributed by atoms with Crippen molar-refractivity contribution in [2.24, 2.45) is 0 Å². The smallest absolute Gasteiger partial charge is 0.307 e. The molecule has 1 heterocycles. The Balaban J connectivity index is 2.02. The van der Waals surface area contributed by atoms with Gasteiger partial charge in [-0.15, -0.1) is 0 Å². The van der Waals surface area contributed by atoms with Gasteiger partial charge >= 0.3 is 5.97 Å². The molecule has 0 amide bonds. The van der Waals surface area contributed by atoms with Crippen LogP contribution in [0.3, 0.4) is 0 Å². The van der Waals surface area contributed by atoms with Crippen molar-refractivity contribution in [1.82, 2.24) is 9.97 Å². The first-order chi connectivity index (χ1) is 13.6. The summed E-state index contributed by atoms with van der Waals surface area (Å²) in [6.45, 7) is 2.15. The Kier molecular flexibility index (Phi) is 6.37. The fourth-order valence-corrected chi connectivity index (χ4v) is 3.02. The summed E-state index contributed by atoms with van der Waals surface area (Å²) in [5, 5.41) is 8.98. The molecule has 0 atom stereocenters. The van der Waals surface area contributed by atoms with Crippen LogP contribution in [0.2, 0.25) is 0 Å². The number of aryl methyl sites for hydroxylation is 1. The number of hydrogen-bond acceptors (Lipinski definition) is 4. The van der Waals surface area contributed by atoms with E-state index in [1.54, 1.807) is 7.11 Å². The van der Waals surface area contributed by atoms with E-state index in [4.69, 9.17) is 19.8 Å². The van der Waals surface area contributed by atoms with Crippen LogP contribution in [0.4, 0.5) is 0 Å². The second-order valence-corrected chi connectivity index (χ2v) is 6.66. The summed E-state index contributed by atoms with van der Waals surface area (Å²) in [6.07, 6.45) is 4.90. The summed E-state index contributed by atoms with van der Waals surface area (Å²) in [6, 6.07) is 15.2. The summed E-state index contributed by atoms with van der Waals surface area (Å²) in [7, 11) is 1.64. The lowest BCUT2D eigenvalue weighted by molar-refractivity contribution is -0.136. The van der Waals surface area contributed by atoms with Gasteiger partial charge in [-0.25, -0.2) is 4.98 Å². The van der Waals surface area contributed by atoms with E-state index in [9.17, 15) is 4.79 Å². The van der Waals surface area contributed by atoms with Gasteiger partial charge in [0.25, 0.3) is 0 Å². The van der Waals surface area contributed by atoms with Gasteiger partial charge in [-0.1, -0.05) is 37.6 Å². The van der Waals surface area contributed by atoms with Crippen molar-refractivity contribution < 1.29 is 14.6 Å². The fraction of sp³-hybridized carbons (Fsp3) is 0.261. The molecule has 3 aromatic rings. The largest absolute Gasteiger partial charge is 0.497 e. The molecule has 28 heavy (non-hydrogen) atoms. The maximum Gasteiger partial charge on any atom is 0.307 e. The van der Waals surface area contributed by atoms with E-state index < -0.39 is 5.97 Å². The van der Waals surface area contributed by atoms with Gasteiger partial charge in [0, 0.05) is 17.3 Å². The Morgan fingerprint density at radius 2 is 1.64 bits per heavy atom. The molecule has 0 aliphatic carbocycles. The van der Waals surface area contributed by atoms with Crippen LogP contribution in [0, 0.1) is 0 Å². The van der Waals surface area contributed by atoms with Crippen LogP contribution in [-0.4, -0.2) is 28.2 Å².